The third kappa shape index (κ3) is 25.2. The molecule has 0 atom stereocenters. The average molecular weight is 713 g/mol. The van der Waals surface area contributed by atoms with Crippen LogP contribution in [0.1, 0.15) is 189 Å². The van der Waals surface area contributed by atoms with Crippen molar-refractivity contribution in [1.82, 2.24) is 0 Å². The monoisotopic (exact) mass is 712 g/mol. The molecule has 0 fully saturated rings. The van der Waals surface area contributed by atoms with E-state index in [-0.39, 0.29) is 48.3 Å². The molecule has 0 saturated carbocycles. The first-order chi connectivity index (χ1) is 23.3. The van der Waals surface area contributed by atoms with Crippen LogP contribution >= 0.6 is 0 Å². The molecule has 274 valence electrons. The molecule has 7 nitrogen and oxygen atoms in total. The van der Waals surface area contributed by atoms with Gasteiger partial charge in [0.2, 0.25) is 0 Å². The number of allylic oxidation sites excluding steroid dienone is 4. The number of unbranched alkanes of at least 4 members (excludes halogenated alkanes) is 20. The first-order valence-corrected chi connectivity index (χ1v) is 20.5. The van der Waals surface area contributed by atoms with E-state index in [2.05, 4.69) is 38.2 Å². The molecule has 0 bridgehead atoms. The molecule has 0 unspecified atom stereocenters. The number of carbonyl (C=O) groups excluding carboxylic acids is 2. The van der Waals surface area contributed by atoms with Gasteiger partial charge in [-0.2, -0.15) is 0 Å². The second-order valence-electron chi connectivity index (χ2n) is 12.9. The van der Waals surface area contributed by atoms with Crippen molar-refractivity contribution in [3.63, 3.8) is 0 Å². The normalized spacial score (nSPS) is 11.7. The molecule has 0 aliphatic rings. The Kier molecular flexibility index (Phi) is 31.5. The van der Waals surface area contributed by atoms with Gasteiger partial charge in [-0.3, -0.25) is 0 Å². The van der Waals surface area contributed by atoms with Crippen molar-refractivity contribution in [2.75, 3.05) is 13.2 Å². The van der Waals surface area contributed by atoms with Gasteiger partial charge in [-0.1, -0.05) is 147 Å². The molecular weight excluding hydrogens is 647 g/mol. The Balaban J connectivity index is 0.0000230. The van der Waals surface area contributed by atoms with Crippen LogP contribution in [0.2, 0.25) is 0 Å². The maximum absolute atomic E-state index is 12.9. The quantitative estimate of drug-likeness (QED) is 0.0250. The van der Waals surface area contributed by atoms with Crippen LogP contribution in [-0.2, 0) is 19.6 Å². The average Bonchev–Trinajstić information content (AvgIpc) is 3.07. The van der Waals surface area contributed by atoms with E-state index in [1.165, 1.54) is 102 Å². The van der Waals surface area contributed by atoms with Crippen LogP contribution in [0, 0.1) is 0 Å². The Hall–Kier alpha value is -1.45. The molecule has 9 heteroatoms. The summed E-state index contributed by atoms with van der Waals surface area (Å²) in [5.41, 5.74) is -0.789. The van der Waals surface area contributed by atoms with Gasteiger partial charge in [0.1, 0.15) is 10.1 Å². The second kappa shape index (κ2) is 32.5. The number of ether oxygens (including phenoxy) is 2. The van der Waals surface area contributed by atoms with Crippen molar-refractivity contribution in [3.8, 4) is 0 Å². The van der Waals surface area contributed by atoms with E-state index >= 15 is 0 Å². The summed E-state index contributed by atoms with van der Waals surface area (Å²) in [6, 6.07) is 3.60. The van der Waals surface area contributed by atoms with Crippen LogP contribution in [0.5, 0.6) is 0 Å². The van der Waals surface area contributed by atoms with Gasteiger partial charge in [0.15, 0.2) is 0 Å². The zero-order valence-electron chi connectivity index (χ0n) is 31.2. The fraction of sp³-hybridized carbons (Fsp3) is 0.700. The smallest absolute Gasteiger partial charge is 0.744 e. The van der Waals surface area contributed by atoms with Crippen LogP contribution in [0.4, 0.5) is 0 Å². The van der Waals surface area contributed by atoms with Crippen LogP contribution in [0.15, 0.2) is 47.4 Å². The van der Waals surface area contributed by atoms with E-state index < -0.39 is 32.5 Å². The summed E-state index contributed by atoms with van der Waals surface area (Å²) in [5, 5.41) is 0. The number of benzene rings is 1. The first-order valence-electron chi connectivity index (χ1n) is 19.1. The first kappa shape index (κ1) is 47.5. The Bertz CT molecular complexity index is 1150. The second-order valence-corrected chi connectivity index (χ2v) is 14.2. The van der Waals surface area contributed by atoms with Gasteiger partial charge in [0.25, 0.3) is 0 Å². The molecule has 0 spiro atoms. The number of hydrogen-bond acceptors (Lipinski definition) is 7. The molecule has 49 heavy (non-hydrogen) atoms. The molecule has 0 amide bonds. The maximum Gasteiger partial charge on any atom is 1.00 e. The molecule has 1 aromatic carbocycles. The number of hydrogen-bond donors (Lipinski definition) is 0. The van der Waals surface area contributed by atoms with Gasteiger partial charge in [0, 0.05) is 0 Å². The number of esters is 2. The molecule has 1 aromatic rings. The summed E-state index contributed by atoms with van der Waals surface area (Å²) >= 11 is 0. The zero-order chi connectivity index (χ0) is 35.1. The van der Waals surface area contributed by atoms with E-state index in [1.807, 2.05) is 0 Å². The number of rotatable bonds is 31. The Morgan fingerprint density at radius 1 is 0.571 bits per heavy atom. The molecule has 0 saturated heterocycles. The van der Waals surface area contributed by atoms with E-state index in [4.69, 9.17) is 9.47 Å². The van der Waals surface area contributed by atoms with E-state index in [0.717, 1.165) is 57.4 Å². The summed E-state index contributed by atoms with van der Waals surface area (Å²) in [5.74, 6) is -1.82. The molecule has 1 rings (SSSR count). The SMILES string of the molecule is CCCC/C=C/CCCCCCCCCCOC(=O)c1cccc(S(=O)(=O)[O-])c1C(=O)OCCCCCCCCCC/C=C/CCCC.[Na+]. The van der Waals surface area contributed by atoms with Crippen molar-refractivity contribution in [3.05, 3.63) is 53.6 Å². The van der Waals surface area contributed by atoms with Crippen molar-refractivity contribution < 1.29 is 61.6 Å². The minimum atomic E-state index is -5.01. The maximum atomic E-state index is 12.9. The van der Waals surface area contributed by atoms with E-state index in [0.29, 0.717) is 12.8 Å². The summed E-state index contributed by atoms with van der Waals surface area (Å²) in [6.45, 7) is 4.66. The van der Waals surface area contributed by atoms with Gasteiger partial charge in [0.05, 0.1) is 29.2 Å². The van der Waals surface area contributed by atoms with Crippen LogP contribution < -0.4 is 29.6 Å². The van der Waals surface area contributed by atoms with E-state index in [9.17, 15) is 22.6 Å². The summed E-state index contributed by atoms with van der Waals surface area (Å²) < 4.78 is 46.5. The Morgan fingerprint density at radius 3 is 1.35 bits per heavy atom. The summed E-state index contributed by atoms with van der Waals surface area (Å²) in [6.07, 6.45) is 36.1. The fourth-order valence-electron chi connectivity index (χ4n) is 5.56. The third-order valence-electron chi connectivity index (χ3n) is 8.50. The molecule has 0 aromatic heterocycles. The van der Waals surface area contributed by atoms with Gasteiger partial charge in [-0.05, 0) is 63.5 Å². The summed E-state index contributed by atoms with van der Waals surface area (Å²) in [7, 11) is -5.01. The fourth-order valence-corrected chi connectivity index (χ4v) is 6.25. The van der Waals surface area contributed by atoms with Crippen LogP contribution in [-0.4, -0.2) is 38.1 Å². The van der Waals surface area contributed by atoms with Crippen molar-refractivity contribution in [1.29, 1.82) is 0 Å². The van der Waals surface area contributed by atoms with Gasteiger partial charge >= 0.3 is 41.5 Å². The standard InChI is InChI=1S/C40H66O7S.Na/c1-3-5-7-9-11-13-15-17-19-21-23-25-27-29-34-46-39(41)36-32-31-33-37(48(43,44)45)38(36)40(42)47-35-30-28-26-24-22-20-18-16-14-12-10-8-6-4-2;/h9-12,31-33H,3-8,13-30,34-35H2,1-2H3,(H,43,44,45);/q;+1/p-1/b11-9+,12-10+;. The van der Waals surface area contributed by atoms with Gasteiger partial charge in [-0.25, -0.2) is 18.0 Å². The topological polar surface area (TPSA) is 110 Å². The number of carbonyl (C=O) groups is 2. The molecule has 0 aliphatic carbocycles. The zero-order valence-corrected chi connectivity index (χ0v) is 34.0. The minimum Gasteiger partial charge on any atom is -0.744 e. The predicted molar refractivity (Wildman–Crippen MR) is 195 cm³/mol. The third-order valence-corrected chi connectivity index (χ3v) is 9.38. The molecule has 0 heterocycles. The largest absolute Gasteiger partial charge is 1.00 e. The molecule has 0 aliphatic heterocycles. The van der Waals surface area contributed by atoms with Gasteiger partial charge in [-0.15, -0.1) is 0 Å². The minimum absolute atomic E-state index is 0. The molecule has 0 N–H and O–H groups in total. The predicted octanol–water partition coefficient (Wildman–Crippen LogP) is 8.42. The summed E-state index contributed by atoms with van der Waals surface area (Å²) in [4.78, 5) is 25.0. The molecular formula is C40H65NaO7S. The molecule has 0 radical (unpaired) electrons. The van der Waals surface area contributed by atoms with Crippen molar-refractivity contribution >= 4 is 22.1 Å². The van der Waals surface area contributed by atoms with Gasteiger partial charge < -0.3 is 14.0 Å². The Morgan fingerprint density at radius 2 is 0.939 bits per heavy atom. The van der Waals surface area contributed by atoms with Crippen molar-refractivity contribution in [2.24, 2.45) is 0 Å². The van der Waals surface area contributed by atoms with E-state index in [1.54, 1.807) is 0 Å². The Labute approximate surface area is 321 Å². The van der Waals surface area contributed by atoms with Crippen LogP contribution in [0.25, 0.3) is 0 Å². The van der Waals surface area contributed by atoms with Crippen LogP contribution in [0.3, 0.4) is 0 Å². The van der Waals surface area contributed by atoms with Crippen molar-refractivity contribution in [2.45, 2.75) is 173 Å².